The van der Waals surface area contributed by atoms with Crippen molar-refractivity contribution >= 4 is 10.4 Å². The van der Waals surface area contributed by atoms with Crippen molar-refractivity contribution in [2.75, 3.05) is 6.61 Å². The second kappa shape index (κ2) is 22.1. The largest absolute Gasteiger partial charge is 1.00 e. The molecule has 0 aromatic carbocycles. The first kappa shape index (κ1) is 29.8. The Morgan fingerprint density at radius 2 is 1.50 bits per heavy atom. The molecule has 0 fully saturated rings. The minimum absolute atomic E-state index is 0. The third-order valence-corrected chi connectivity index (χ3v) is 3.60. The topological polar surface area (TPSA) is 92.3 Å². The summed E-state index contributed by atoms with van der Waals surface area (Å²) in [5.41, 5.74) is 0. The van der Waals surface area contributed by atoms with Crippen molar-refractivity contribution in [3.63, 3.8) is 0 Å². The van der Waals surface area contributed by atoms with Crippen LogP contribution in [-0.4, -0.2) is 29.5 Å². The summed E-state index contributed by atoms with van der Waals surface area (Å²) in [4.78, 5) is 6.42. The summed E-state index contributed by atoms with van der Waals surface area (Å²) in [7, 11) is -4.23. The van der Waals surface area contributed by atoms with Gasteiger partial charge in [0.05, 0.1) is 12.9 Å². The first-order chi connectivity index (χ1) is 10.6. The van der Waals surface area contributed by atoms with E-state index >= 15 is 0 Å². The van der Waals surface area contributed by atoms with Crippen LogP contribution in [0.3, 0.4) is 0 Å². The minimum Gasteiger partial charge on any atom is -1.00 e. The van der Waals surface area contributed by atoms with Gasteiger partial charge in [-0.3, -0.25) is 4.55 Å². The maximum absolute atomic E-state index is 10.2. The molecule has 0 bridgehead atoms. The van der Waals surface area contributed by atoms with Gasteiger partial charge in [-0.25, -0.2) is 9.17 Å². The van der Waals surface area contributed by atoms with E-state index in [4.69, 9.17) is 4.55 Å². The maximum Gasteiger partial charge on any atom is 1.00 e. The number of nitrogens with one attached hydrogen (secondary N) is 1. The van der Waals surface area contributed by atoms with Gasteiger partial charge in [0, 0.05) is 12.4 Å². The summed E-state index contributed by atoms with van der Waals surface area (Å²) in [5.74, 6) is 0. The van der Waals surface area contributed by atoms with E-state index in [1.165, 1.54) is 44.9 Å². The molecule has 0 radical (unpaired) electrons. The summed E-state index contributed by atoms with van der Waals surface area (Å²) >= 11 is 0. The molecule has 0 unspecified atom stereocenters. The van der Waals surface area contributed by atoms with Gasteiger partial charge < -0.3 is 7.84 Å². The second-order valence-corrected chi connectivity index (χ2v) is 6.28. The van der Waals surface area contributed by atoms with Gasteiger partial charge >= 0.3 is 69.5 Å². The molecule has 1 aromatic heterocycles. The van der Waals surface area contributed by atoms with Crippen molar-refractivity contribution in [3.8, 4) is 0 Å². The fraction of sp³-hybridized carbons (Fsp3) is 0.800. The number of hydrogen-bond acceptors (Lipinski definition) is 4. The molecule has 0 aliphatic heterocycles. The SMILES string of the molecule is CCCCCCCCCCCCOS(=O)(=O)O.[H-].[H-].[Na+].[Na+].c1c[nH]cn1. The number of unbranched alkanes of at least 4 members (excludes halogenated alkanes) is 9. The van der Waals surface area contributed by atoms with Crippen LogP contribution in [-0.2, 0) is 14.6 Å². The Morgan fingerprint density at radius 1 is 1.00 bits per heavy atom. The van der Waals surface area contributed by atoms with Crippen LogP contribution in [0.25, 0.3) is 0 Å². The van der Waals surface area contributed by atoms with Gasteiger partial charge in [-0.1, -0.05) is 64.7 Å². The number of aromatic amines is 1. The monoisotopic (exact) mass is 382 g/mol. The number of H-pyrrole nitrogens is 1. The molecule has 6 nitrogen and oxygen atoms in total. The van der Waals surface area contributed by atoms with Crippen LogP contribution in [0.2, 0.25) is 0 Å². The molecular weight excluding hydrogens is 350 g/mol. The van der Waals surface area contributed by atoms with Crippen LogP contribution in [0, 0.1) is 0 Å². The van der Waals surface area contributed by atoms with E-state index < -0.39 is 10.4 Å². The molecule has 0 amide bonds. The number of rotatable bonds is 12. The Bertz CT molecular complexity index is 410. The van der Waals surface area contributed by atoms with Gasteiger partial charge in [-0.2, -0.15) is 8.42 Å². The molecule has 1 aromatic rings. The first-order valence-electron chi connectivity index (χ1n) is 8.11. The zero-order valence-electron chi connectivity index (χ0n) is 17.5. The van der Waals surface area contributed by atoms with E-state index in [1.807, 2.05) is 0 Å². The Kier molecular flexibility index (Phi) is 27.5. The number of aromatic nitrogens is 2. The smallest absolute Gasteiger partial charge is 1.00 e. The summed E-state index contributed by atoms with van der Waals surface area (Å²) in [6.45, 7) is 2.31. The summed E-state index contributed by atoms with van der Waals surface area (Å²) in [5, 5.41) is 0. The summed E-state index contributed by atoms with van der Waals surface area (Å²) < 4.78 is 33.0. The molecule has 9 heteroatoms. The fourth-order valence-electron chi connectivity index (χ4n) is 1.97. The van der Waals surface area contributed by atoms with Crippen molar-refractivity contribution in [2.45, 2.75) is 71.1 Å². The Labute approximate surface area is 194 Å². The molecule has 24 heavy (non-hydrogen) atoms. The van der Waals surface area contributed by atoms with E-state index in [-0.39, 0.29) is 68.6 Å². The van der Waals surface area contributed by atoms with Gasteiger partial charge in [0.25, 0.3) is 0 Å². The van der Waals surface area contributed by atoms with Gasteiger partial charge in [-0.05, 0) is 6.42 Å². The van der Waals surface area contributed by atoms with E-state index in [2.05, 4.69) is 21.1 Å². The van der Waals surface area contributed by atoms with Crippen LogP contribution in [0.15, 0.2) is 18.7 Å². The molecule has 0 aliphatic rings. The molecule has 0 saturated heterocycles. The number of imidazole rings is 1. The van der Waals surface area contributed by atoms with E-state index in [9.17, 15) is 8.42 Å². The molecule has 1 rings (SSSR count). The Hall–Kier alpha value is 1.08. The quantitative estimate of drug-likeness (QED) is 0.257. The van der Waals surface area contributed by atoms with Crippen molar-refractivity contribution in [1.29, 1.82) is 0 Å². The normalized spacial score (nSPS) is 10.1. The standard InChI is InChI=1S/C12H26O4S.C3H4N2.2Na.2H/c1-2-3-4-5-6-7-8-9-10-11-12-16-17(13,14)15;1-2-5-3-4-1;;;;/h2-12H2,1H3,(H,13,14,15);1-3H,(H,4,5);;;;/q;;2*+1;2*-1. The van der Waals surface area contributed by atoms with Crippen LogP contribution < -0.4 is 59.1 Å². The van der Waals surface area contributed by atoms with Crippen LogP contribution in [0.4, 0.5) is 0 Å². The summed E-state index contributed by atoms with van der Waals surface area (Å²) in [6.07, 6.45) is 16.9. The maximum atomic E-state index is 10.2. The molecule has 0 atom stereocenters. The zero-order valence-corrected chi connectivity index (χ0v) is 20.4. The molecule has 134 valence electrons. The molecule has 0 aliphatic carbocycles. The van der Waals surface area contributed by atoms with Gasteiger partial charge in [0.2, 0.25) is 0 Å². The molecule has 1 heterocycles. The average molecular weight is 382 g/mol. The average Bonchev–Trinajstić information content (AvgIpc) is 3.03. The van der Waals surface area contributed by atoms with Crippen molar-refractivity contribution in [2.24, 2.45) is 0 Å². The Morgan fingerprint density at radius 3 is 1.83 bits per heavy atom. The number of hydrogen-bond donors (Lipinski definition) is 2. The van der Waals surface area contributed by atoms with Gasteiger partial charge in [0.1, 0.15) is 0 Å². The predicted octanol–water partition coefficient (Wildman–Crippen LogP) is -1.63. The van der Waals surface area contributed by atoms with E-state index in [1.54, 1.807) is 18.7 Å². The molecule has 0 saturated carbocycles. The first-order valence-corrected chi connectivity index (χ1v) is 9.47. The third kappa shape index (κ3) is 27.9. The third-order valence-electron chi connectivity index (χ3n) is 3.14. The molecular formula is C15H32N2Na2O4S. The molecule has 2 N–H and O–H groups in total. The van der Waals surface area contributed by atoms with Gasteiger partial charge in [0.15, 0.2) is 0 Å². The fourth-order valence-corrected chi connectivity index (χ4v) is 2.30. The van der Waals surface area contributed by atoms with E-state index in [0.29, 0.717) is 6.42 Å². The van der Waals surface area contributed by atoms with Crippen LogP contribution in [0.5, 0.6) is 0 Å². The van der Waals surface area contributed by atoms with Crippen LogP contribution >= 0.6 is 0 Å². The van der Waals surface area contributed by atoms with E-state index in [0.717, 1.165) is 12.8 Å². The second-order valence-electron chi connectivity index (χ2n) is 5.19. The summed E-state index contributed by atoms with van der Waals surface area (Å²) in [6, 6.07) is 0. The number of nitrogens with zero attached hydrogens (tertiary/aromatic N) is 1. The predicted molar refractivity (Wildman–Crippen MR) is 90.2 cm³/mol. The Balaban J connectivity index is -0.000000141. The zero-order chi connectivity index (χ0) is 16.5. The van der Waals surface area contributed by atoms with Crippen LogP contribution in [0.1, 0.15) is 74.0 Å². The van der Waals surface area contributed by atoms with Gasteiger partial charge in [-0.15, -0.1) is 0 Å². The van der Waals surface area contributed by atoms with Crippen molar-refractivity contribution in [3.05, 3.63) is 18.7 Å². The van der Waals surface area contributed by atoms with Crippen molar-refractivity contribution in [1.82, 2.24) is 9.97 Å². The van der Waals surface area contributed by atoms with Crippen molar-refractivity contribution < 1.29 is 79.1 Å². The minimum atomic E-state index is -4.23. The molecule has 0 spiro atoms.